The molecule has 5 aromatic rings. The molecule has 0 nitrogen and oxygen atoms in total. The van der Waals surface area contributed by atoms with Crippen LogP contribution in [0.4, 0.5) is 0 Å². The molecule has 0 unspecified atom stereocenters. The van der Waals surface area contributed by atoms with Crippen molar-refractivity contribution >= 4 is 33.7 Å². The molecule has 0 bridgehead atoms. The SMILES string of the molecule is Cc1cc(C)c(-c2c3ccccc3c(/C=C/c3ccccc3)c3ccccc23)c(C)c1. The number of rotatable bonds is 3. The molecule has 0 saturated carbocycles. The second-order valence-electron chi connectivity index (χ2n) is 8.40. The Balaban J connectivity index is 1.89. The van der Waals surface area contributed by atoms with E-state index in [9.17, 15) is 0 Å². The molecule has 0 radical (unpaired) electrons. The summed E-state index contributed by atoms with van der Waals surface area (Å²) in [6.45, 7) is 6.65. The lowest BCUT2D eigenvalue weighted by atomic mass is 9.84. The van der Waals surface area contributed by atoms with Crippen molar-refractivity contribution in [3.63, 3.8) is 0 Å². The van der Waals surface area contributed by atoms with Gasteiger partial charge in [0.1, 0.15) is 0 Å². The van der Waals surface area contributed by atoms with Crippen molar-refractivity contribution in [1.29, 1.82) is 0 Å². The van der Waals surface area contributed by atoms with Crippen molar-refractivity contribution in [2.45, 2.75) is 20.8 Å². The van der Waals surface area contributed by atoms with Gasteiger partial charge in [-0.3, -0.25) is 0 Å². The first-order valence-electron chi connectivity index (χ1n) is 10.9. The fourth-order valence-electron chi connectivity index (χ4n) is 4.93. The first-order valence-corrected chi connectivity index (χ1v) is 10.9. The van der Waals surface area contributed by atoms with Gasteiger partial charge in [0.05, 0.1) is 0 Å². The molecule has 0 saturated heterocycles. The summed E-state index contributed by atoms with van der Waals surface area (Å²) in [6.07, 6.45) is 4.49. The van der Waals surface area contributed by atoms with Gasteiger partial charge < -0.3 is 0 Å². The van der Waals surface area contributed by atoms with E-state index in [-0.39, 0.29) is 0 Å². The highest BCUT2D eigenvalue weighted by atomic mass is 14.2. The summed E-state index contributed by atoms with van der Waals surface area (Å²) in [5.74, 6) is 0. The lowest BCUT2D eigenvalue weighted by Gasteiger charge is -2.19. The lowest BCUT2D eigenvalue weighted by Crippen LogP contribution is -1.95. The molecule has 0 amide bonds. The van der Waals surface area contributed by atoms with Crippen LogP contribution in [0.25, 0.3) is 44.8 Å². The van der Waals surface area contributed by atoms with E-state index in [0.29, 0.717) is 0 Å². The van der Waals surface area contributed by atoms with Gasteiger partial charge in [0.15, 0.2) is 0 Å². The highest BCUT2D eigenvalue weighted by Crippen LogP contribution is 2.42. The smallest absolute Gasteiger partial charge is 0.00210 e. The molecule has 150 valence electrons. The largest absolute Gasteiger partial charge is 0.0622 e. The van der Waals surface area contributed by atoms with Crippen LogP contribution in [0.1, 0.15) is 27.8 Å². The molecule has 0 aliphatic heterocycles. The minimum Gasteiger partial charge on any atom is -0.0622 e. The third-order valence-corrected chi connectivity index (χ3v) is 6.14. The first-order chi connectivity index (χ1) is 15.1. The zero-order valence-electron chi connectivity index (χ0n) is 18.3. The quantitative estimate of drug-likeness (QED) is 0.210. The molecular weight excluding hydrogens is 372 g/mol. The molecular formula is C31H26. The highest BCUT2D eigenvalue weighted by molar-refractivity contribution is 6.18. The molecule has 0 fully saturated rings. The van der Waals surface area contributed by atoms with Gasteiger partial charge in [-0.1, -0.05) is 109 Å². The second kappa shape index (κ2) is 7.89. The normalized spacial score (nSPS) is 11.6. The fraction of sp³-hybridized carbons (Fsp3) is 0.0968. The Hall–Kier alpha value is -3.64. The minimum absolute atomic E-state index is 1.21. The van der Waals surface area contributed by atoms with Crippen LogP contribution in [0.15, 0.2) is 91.0 Å². The number of benzene rings is 5. The van der Waals surface area contributed by atoms with Crippen LogP contribution in [-0.4, -0.2) is 0 Å². The molecule has 5 rings (SSSR count). The van der Waals surface area contributed by atoms with Crippen LogP contribution in [0.3, 0.4) is 0 Å². The van der Waals surface area contributed by atoms with Crippen molar-refractivity contribution in [3.8, 4) is 11.1 Å². The van der Waals surface area contributed by atoms with Crippen molar-refractivity contribution in [3.05, 3.63) is 119 Å². The van der Waals surface area contributed by atoms with E-state index in [2.05, 4.69) is 124 Å². The van der Waals surface area contributed by atoms with Crippen molar-refractivity contribution in [2.75, 3.05) is 0 Å². The molecule has 5 aromatic carbocycles. The Kier molecular flexibility index (Phi) is 4.92. The van der Waals surface area contributed by atoms with Gasteiger partial charge in [-0.25, -0.2) is 0 Å². The standard InChI is InChI=1S/C31H26/c1-21-19-22(2)30(23(3)20-21)31-28-15-9-7-13-25(28)27(26-14-8-10-16-29(26)31)18-17-24-11-5-4-6-12-24/h4-20H,1-3H3/b18-17+. The molecule has 0 aromatic heterocycles. The van der Waals surface area contributed by atoms with Crippen LogP contribution < -0.4 is 0 Å². The Morgan fingerprint density at radius 1 is 0.484 bits per heavy atom. The Morgan fingerprint density at radius 3 is 1.52 bits per heavy atom. The summed E-state index contributed by atoms with van der Waals surface area (Å²) in [5.41, 5.74) is 9.18. The summed E-state index contributed by atoms with van der Waals surface area (Å²) >= 11 is 0. The third-order valence-electron chi connectivity index (χ3n) is 6.14. The summed E-state index contributed by atoms with van der Waals surface area (Å²) < 4.78 is 0. The average molecular weight is 399 g/mol. The van der Waals surface area contributed by atoms with E-state index >= 15 is 0 Å². The van der Waals surface area contributed by atoms with E-state index in [4.69, 9.17) is 0 Å². The number of hydrogen-bond donors (Lipinski definition) is 0. The predicted octanol–water partition coefficient (Wildman–Crippen LogP) is 8.76. The first kappa shape index (κ1) is 19.3. The van der Waals surface area contributed by atoms with Crippen LogP contribution in [0.2, 0.25) is 0 Å². The average Bonchev–Trinajstić information content (AvgIpc) is 2.78. The van der Waals surface area contributed by atoms with Crippen LogP contribution >= 0.6 is 0 Å². The maximum absolute atomic E-state index is 2.30. The van der Waals surface area contributed by atoms with E-state index in [1.165, 1.54) is 60.5 Å². The van der Waals surface area contributed by atoms with Gasteiger partial charge in [0, 0.05) is 0 Å². The van der Waals surface area contributed by atoms with Gasteiger partial charge in [-0.2, -0.15) is 0 Å². The Bertz CT molecular complexity index is 1360. The van der Waals surface area contributed by atoms with Crippen LogP contribution in [-0.2, 0) is 0 Å². The topological polar surface area (TPSA) is 0 Å². The molecule has 0 spiro atoms. The van der Waals surface area contributed by atoms with Gasteiger partial charge >= 0.3 is 0 Å². The zero-order chi connectivity index (χ0) is 21.4. The minimum atomic E-state index is 1.21. The Labute approximate surface area is 184 Å². The molecule has 0 N–H and O–H groups in total. The van der Waals surface area contributed by atoms with Crippen LogP contribution in [0, 0.1) is 20.8 Å². The van der Waals surface area contributed by atoms with Crippen molar-refractivity contribution < 1.29 is 0 Å². The number of fused-ring (bicyclic) bond motifs is 2. The summed E-state index contributed by atoms with van der Waals surface area (Å²) in [5, 5.41) is 5.21. The number of hydrogen-bond acceptors (Lipinski definition) is 0. The van der Waals surface area contributed by atoms with Gasteiger partial charge in [-0.05, 0) is 75.7 Å². The maximum atomic E-state index is 2.30. The van der Waals surface area contributed by atoms with E-state index in [1.807, 2.05) is 0 Å². The van der Waals surface area contributed by atoms with Gasteiger partial charge in [0.2, 0.25) is 0 Å². The summed E-state index contributed by atoms with van der Waals surface area (Å²) in [7, 11) is 0. The van der Waals surface area contributed by atoms with Crippen LogP contribution in [0.5, 0.6) is 0 Å². The lowest BCUT2D eigenvalue weighted by molar-refractivity contribution is 1.33. The van der Waals surface area contributed by atoms with E-state index in [1.54, 1.807) is 0 Å². The molecule has 0 atom stereocenters. The van der Waals surface area contributed by atoms with E-state index in [0.717, 1.165) is 0 Å². The Morgan fingerprint density at radius 2 is 0.968 bits per heavy atom. The fourth-order valence-corrected chi connectivity index (χ4v) is 4.93. The van der Waals surface area contributed by atoms with Gasteiger partial charge in [0.25, 0.3) is 0 Å². The zero-order valence-corrected chi connectivity index (χ0v) is 18.3. The monoisotopic (exact) mass is 398 g/mol. The highest BCUT2D eigenvalue weighted by Gasteiger charge is 2.16. The maximum Gasteiger partial charge on any atom is -0.00210 e. The molecule has 0 aliphatic rings. The van der Waals surface area contributed by atoms with Crippen molar-refractivity contribution in [2.24, 2.45) is 0 Å². The molecule has 0 heterocycles. The third kappa shape index (κ3) is 3.45. The summed E-state index contributed by atoms with van der Waals surface area (Å²) in [4.78, 5) is 0. The molecule has 0 heteroatoms. The predicted molar refractivity (Wildman–Crippen MR) is 136 cm³/mol. The summed E-state index contributed by atoms with van der Waals surface area (Å²) in [6, 6.07) is 32.8. The van der Waals surface area contributed by atoms with Gasteiger partial charge in [-0.15, -0.1) is 0 Å². The molecule has 0 aliphatic carbocycles. The molecule has 31 heavy (non-hydrogen) atoms. The number of aryl methyl sites for hydroxylation is 3. The van der Waals surface area contributed by atoms with E-state index < -0.39 is 0 Å². The second-order valence-corrected chi connectivity index (χ2v) is 8.40. The van der Waals surface area contributed by atoms with Crippen molar-refractivity contribution in [1.82, 2.24) is 0 Å².